The van der Waals surface area contributed by atoms with Gasteiger partial charge in [-0.15, -0.1) is 0 Å². The third kappa shape index (κ3) is 4.71. The van der Waals surface area contributed by atoms with E-state index in [-0.39, 0.29) is 0 Å². The lowest BCUT2D eigenvalue weighted by Gasteiger charge is -2.33. The zero-order valence-corrected chi connectivity index (χ0v) is 15.0. The number of hydrogen-bond donors (Lipinski definition) is 1. The summed E-state index contributed by atoms with van der Waals surface area (Å²) in [5.41, 5.74) is 1.37. The van der Waals surface area contributed by atoms with E-state index in [1.165, 1.54) is 31.4 Å². The van der Waals surface area contributed by atoms with Gasteiger partial charge in [0, 0.05) is 32.0 Å². The molecule has 0 bridgehead atoms. The van der Waals surface area contributed by atoms with Crippen LogP contribution < -0.4 is 5.32 Å². The summed E-state index contributed by atoms with van der Waals surface area (Å²) in [5.74, 6) is 0. The predicted octanol–water partition coefficient (Wildman–Crippen LogP) is 2.77. The Kier molecular flexibility index (Phi) is 6.70. The van der Waals surface area contributed by atoms with Gasteiger partial charge in [0.15, 0.2) is 5.11 Å². The predicted molar refractivity (Wildman–Crippen MR) is 97.1 cm³/mol. The lowest BCUT2D eigenvalue weighted by molar-refractivity contribution is 0.305. The smallest absolute Gasteiger partial charge is 0.169 e. The second kappa shape index (κ2) is 8.53. The summed E-state index contributed by atoms with van der Waals surface area (Å²) in [5, 5.41) is 4.39. The van der Waals surface area contributed by atoms with Gasteiger partial charge in [-0.05, 0) is 64.3 Å². The highest BCUT2D eigenvalue weighted by Crippen LogP contribution is 2.30. The SMILES string of the molecule is CN(C)CCCNC(=S)N1CCCCC[C@@H]1c1cccn1C. The van der Waals surface area contributed by atoms with Crippen LogP contribution in [0.15, 0.2) is 18.3 Å². The average molecular weight is 323 g/mol. The van der Waals surface area contributed by atoms with Crippen molar-refractivity contribution in [3.8, 4) is 0 Å². The number of aromatic nitrogens is 1. The maximum absolute atomic E-state index is 5.70. The molecule has 0 saturated carbocycles. The Morgan fingerprint density at radius 3 is 2.86 bits per heavy atom. The minimum atomic E-state index is 0.413. The Hall–Kier alpha value is -1.07. The molecule has 4 nitrogen and oxygen atoms in total. The fourth-order valence-electron chi connectivity index (χ4n) is 3.17. The number of aryl methyl sites for hydroxylation is 1. The molecule has 1 aliphatic heterocycles. The molecule has 0 spiro atoms. The third-order valence-corrected chi connectivity index (χ3v) is 4.78. The average Bonchev–Trinajstić information content (AvgIpc) is 2.75. The normalized spacial score (nSPS) is 19.3. The molecule has 1 fully saturated rings. The second-order valence-corrected chi connectivity index (χ2v) is 6.88. The third-order valence-electron chi connectivity index (χ3n) is 4.40. The van der Waals surface area contributed by atoms with Crippen LogP contribution in [0.2, 0.25) is 0 Å². The van der Waals surface area contributed by atoms with Crippen molar-refractivity contribution in [1.82, 2.24) is 19.7 Å². The number of rotatable bonds is 5. The zero-order valence-electron chi connectivity index (χ0n) is 14.2. The van der Waals surface area contributed by atoms with Gasteiger partial charge in [-0.3, -0.25) is 0 Å². The van der Waals surface area contributed by atoms with Gasteiger partial charge in [-0.25, -0.2) is 0 Å². The van der Waals surface area contributed by atoms with Crippen LogP contribution in [0.1, 0.15) is 43.8 Å². The van der Waals surface area contributed by atoms with Crippen molar-refractivity contribution in [3.63, 3.8) is 0 Å². The van der Waals surface area contributed by atoms with Crippen molar-refractivity contribution in [2.45, 2.75) is 38.1 Å². The van der Waals surface area contributed by atoms with Crippen molar-refractivity contribution in [2.75, 3.05) is 33.7 Å². The van der Waals surface area contributed by atoms with Crippen LogP contribution in [0, 0.1) is 0 Å². The summed E-state index contributed by atoms with van der Waals surface area (Å²) in [6, 6.07) is 4.78. The highest BCUT2D eigenvalue weighted by molar-refractivity contribution is 7.80. The van der Waals surface area contributed by atoms with Crippen LogP contribution in [-0.2, 0) is 7.05 Å². The lowest BCUT2D eigenvalue weighted by Crippen LogP contribution is -2.43. The molecule has 1 atom stereocenters. The summed E-state index contributed by atoms with van der Waals surface area (Å²) in [7, 11) is 6.35. The fourth-order valence-corrected chi connectivity index (χ4v) is 3.49. The summed E-state index contributed by atoms with van der Waals surface area (Å²) in [6.07, 6.45) is 8.27. The van der Waals surface area contributed by atoms with Crippen LogP contribution in [0.5, 0.6) is 0 Å². The second-order valence-electron chi connectivity index (χ2n) is 6.49. The van der Waals surface area contributed by atoms with Crippen molar-refractivity contribution in [2.24, 2.45) is 7.05 Å². The molecule has 124 valence electrons. The molecule has 0 aromatic carbocycles. The van der Waals surface area contributed by atoms with Crippen molar-refractivity contribution >= 4 is 17.3 Å². The van der Waals surface area contributed by atoms with Gasteiger partial charge in [-0.1, -0.05) is 12.8 Å². The van der Waals surface area contributed by atoms with E-state index in [0.29, 0.717) is 6.04 Å². The largest absolute Gasteiger partial charge is 0.363 e. The first-order valence-corrected chi connectivity index (χ1v) is 8.81. The molecule has 1 saturated heterocycles. The summed E-state index contributed by atoms with van der Waals surface area (Å²) in [4.78, 5) is 4.62. The van der Waals surface area contributed by atoms with Crippen LogP contribution in [0.4, 0.5) is 0 Å². The molecule has 2 rings (SSSR count). The molecular weight excluding hydrogens is 292 g/mol. The lowest BCUT2D eigenvalue weighted by atomic mass is 10.1. The van der Waals surface area contributed by atoms with Crippen LogP contribution in [0.25, 0.3) is 0 Å². The van der Waals surface area contributed by atoms with Crippen molar-refractivity contribution in [1.29, 1.82) is 0 Å². The highest BCUT2D eigenvalue weighted by Gasteiger charge is 2.25. The van der Waals surface area contributed by atoms with Crippen LogP contribution in [-0.4, -0.2) is 53.2 Å². The van der Waals surface area contributed by atoms with Gasteiger partial charge in [0.2, 0.25) is 0 Å². The Bertz CT molecular complexity index is 469. The number of likely N-dealkylation sites (tertiary alicyclic amines) is 1. The maximum Gasteiger partial charge on any atom is 0.169 e. The fraction of sp³-hybridized carbons (Fsp3) is 0.706. The Labute approximate surface area is 140 Å². The first-order valence-electron chi connectivity index (χ1n) is 8.40. The Balaban J connectivity index is 1.98. The minimum Gasteiger partial charge on any atom is -0.363 e. The number of thiocarbonyl (C=S) groups is 1. The van der Waals surface area contributed by atoms with Crippen molar-refractivity contribution < 1.29 is 0 Å². The van der Waals surface area contributed by atoms with E-state index in [0.717, 1.165) is 31.2 Å². The Morgan fingerprint density at radius 1 is 1.36 bits per heavy atom. The molecule has 1 aliphatic rings. The Morgan fingerprint density at radius 2 is 2.18 bits per heavy atom. The van der Waals surface area contributed by atoms with Crippen molar-refractivity contribution in [3.05, 3.63) is 24.0 Å². The van der Waals surface area contributed by atoms with E-state index in [2.05, 4.69) is 59.2 Å². The minimum absolute atomic E-state index is 0.413. The molecule has 1 aromatic heterocycles. The topological polar surface area (TPSA) is 23.4 Å². The van der Waals surface area contributed by atoms with Crippen LogP contribution in [0.3, 0.4) is 0 Å². The summed E-state index contributed by atoms with van der Waals surface area (Å²) >= 11 is 5.70. The summed E-state index contributed by atoms with van der Waals surface area (Å²) in [6.45, 7) is 3.11. The zero-order chi connectivity index (χ0) is 15.9. The van der Waals surface area contributed by atoms with Gasteiger partial charge >= 0.3 is 0 Å². The van der Waals surface area contributed by atoms with Gasteiger partial charge in [-0.2, -0.15) is 0 Å². The van der Waals surface area contributed by atoms with Gasteiger partial charge in [0.05, 0.1) is 6.04 Å². The molecule has 1 aromatic rings. The standard InChI is InChI=1S/C17H30N4S/c1-19(2)12-8-11-18-17(22)21-14-6-4-5-9-16(21)15-10-7-13-20(15)3/h7,10,13,16H,4-6,8-9,11-12,14H2,1-3H3,(H,18,22)/t16-/m1/s1. The number of hydrogen-bond acceptors (Lipinski definition) is 2. The number of nitrogens with zero attached hydrogens (tertiary/aromatic N) is 3. The van der Waals surface area contributed by atoms with Gasteiger partial charge in [0.1, 0.15) is 0 Å². The van der Waals surface area contributed by atoms with E-state index in [9.17, 15) is 0 Å². The van der Waals surface area contributed by atoms with Gasteiger partial charge < -0.3 is 19.7 Å². The molecule has 5 heteroatoms. The van der Waals surface area contributed by atoms with E-state index < -0.39 is 0 Å². The molecule has 1 N–H and O–H groups in total. The summed E-state index contributed by atoms with van der Waals surface area (Å²) < 4.78 is 2.23. The highest BCUT2D eigenvalue weighted by atomic mass is 32.1. The maximum atomic E-state index is 5.70. The van der Waals surface area contributed by atoms with Crippen LogP contribution >= 0.6 is 12.2 Å². The monoisotopic (exact) mass is 322 g/mol. The first-order chi connectivity index (χ1) is 10.6. The molecule has 0 unspecified atom stereocenters. The first kappa shape index (κ1) is 17.3. The van der Waals surface area contributed by atoms with E-state index >= 15 is 0 Å². The molecule has 22 heavy (non-hydrogen) atoms. The molecule has 0 radical (unpaired) electrons. The molecular formula is C17H30N4S. The van der Waals surface area contributed by atoms with Gasteiger partial charge in [0.25, 0.3) is 0 Å². The van der Waals surface area contributed by atoms with E-state index in [1.54, 1.807) is 0 Å². The van der Waals surface area contributed by atoms with E-state index in [1.807, 2.05) is 0 Å². The molecule has 2 heterocycles. The molecule has 0 amide bonds. The number of nitrogens with one attached hydrogen (secondary N) is 1. The molecule has 0 aliphatic carbocycles. The van der Waals surface area contributed by atoms with E-state index in [4.69, 9.17) is 12.2 Å². The quantitative estimate of drug-likeness (QED) is 0.665.